The predicted molar refractivity (Wildman–Crippen MR) is 64.2 cm³/mol. The summed E-state index contributed by atoms with van der Waals surface area (Å²) >= 11 is 5.22. The average Bonchev–Trinajstić information content (AvgIpc) is 2.79. The zero-order valence-corrected chi connectivity index (χ0v) is 9.47. The maximum absolute atomic E-state index is 5.22. The van der Waals surface area contributed by atoms with E-state index in [1.54, 1.807) is 6.33 Å². The number of hydrogen-bond donors (Lipinski definition) is 3. The van der Waals surface area contributed by atoms with E-state index in [0.29, 0.717) is 4.64 Å². The van der Waals surface area contributed by atoms with Gasteiger partial charge in [0.1, 0.15) is 5.52 Å². The summed E-state index contributed by atoms with van der Waals surface area (Å²) in [7, 11) is 0. The van der Waals surface area contributed by atoms with Crippen molar-refractivity contribution in [2.75, 3.05) is 31.1 Å². The second kappa shape index (κ2) is 3.84. The molecule has 1 fully saturated rings. The second-order valence-electron chi connectivity index (χ2n) is 3.73. The fourth-order valence-electron chi connectivity index (χ4n) is 1.86. The number of piperazine rings is 1. The molecule has 1 saturated heterocycles. The number of imidazole rings is 1. The Bertz CT molecular complexity index is 552. The summed E-state index contributed by atoms with van der Waals surface area (Å²) in [6.45, 7) is 3.82. The van der Waals surface area contributed by atoms with E-state index in [2.05, 4.69) is 30.2 Å². The van der Waals surface area contributed by atoms with Gasteiger partial charge < -0.3 is 20.2 Å². The van der Waals surface area contributed by atoms with Crippen LogP contribution in [0.15, 0.2) is 6.33 Å². The van der Waals surface area contributed by atoms with Crippen LogP contribution < -0.4 is 10.2 Å². The average molecular weight is 236 g/mol. The Morgan fingerprint density at radius 3 is 2.94 bits per heavy atom. The van der Waals surface area contributed by atoms with E-state index in [0.717, 1.165) is 43.3 Å². The highest BCUT2D eigenvalue weighted by Gasteiger charge is 2.13. The van der Waals surface area contributed by atoms with Crippen molar-refractivity contribution in [1.29, 1.82) is 0 Å². The van der Waals surface area contributed by atoms with Gasteiger partial charge in [0, 0.05) is 26.2 Å². The van der Waals surface area contributed by atoms with Crippen LogP contribution in [-0.2, 0) is 0 Å². The van der Waals surface area contributed by atoms with Crippen LogP contribution >= 0.6 is 12.2 Å². The SMILES string of the molecule is S=c1nc(N2CCNCC2)[nH]c2nc[nH]c12. The Labute approximate surface area is 97.1 Å². The van der Waals surface area contributed by atoms with Crippen LogP contribution in [0.25, 0.3) is 11.2 Å². The molecule has 0 aliphatic carbocycles. The molecule has 0 spiro atoms. The summed E-state index contributed by atoms with van der Waals surface area (Å²) in [5, 5.41) is 3.30. The van der Waals surface area contributed by atoms with Gasteiger partial charge in [-0.2, -0.15) is 0 Å². The zero-order valence-electron chi connectivity index (χ0n) is 8.66. The normalized spacial score (nSPS) is 16.9. The van der Waals surface area contributed by atoms with E-state index in [1.165, 1.54) is 0 Å². The molecule has 0 amide bonds. The fourth-order valence-corrected chi connectivity index (χ4v) is 2.11. The van der Waals surface area contributed by atoms with Gasteiger partial charge in [0.2, 0.25) is 5.95 Å². The Morgan fingerprint density at radius 1 is 1.31 bits per heavy atom. The minimum Gasteiger partial charge on any atom is -0.341 e. The molecule has 2 aromatic heterocycles. The molecule has 1 aliphatic heterocycles. The highest BCUT2D eigenvalue weighted by molar-refractivity contribution is 7.71. The second-order valence-corrected chi connectivity index (χ2v) is 4.12. The van der Waals surface area contributed by atoms with Crippen LogP contribution in [0.5, 0.6) is 0 Å². The number of rotatable bonds is 1. The Balaban J connectivity index is 2.06. The fraction of sp³-hybridized carbons (Fsp3) is 0.444. The van der Waals surface area contributed by atoms with Crippen molar-refractivity contribution < 1.29 is 0 Å². The third-order valence-electron chi connectivity index (χ3n) is 2.71. The first-order valence-corrected chi connectivity index (χ1v) is 5.64. The molecule has 84 valence electrons. The van der Waals surface area contributed by atoms with Crippen molar-refractivity contribution in [1.82, 2.24) is 25.3 Å². The van der Waals surface area contributed by atoms with E-state index in [4.69, 9.17) is 12.2 Å². The van der Waals surface area contributed by atoms with E-state index in [9.17, 15) is 0 Å². The summed E-state index contributed by atoms with van der Waals surface area (Å²) < 4.78 is 0.569. The van der Waals surface area contributed by atoms with Gasteiger partial charge >= 0.3 is 0 Å². The lowest BCUT2D eigenvalue weighted by molar-refractivity contribution is 0.580. The Hall–Kier alpha value is -1.47. The summed E-state index contributed by atoms with van der Waals surface area (Å²) in [6, 6.07) is 0. The maximum atomic E-state index is 5.22. The summed E-state index contributed by atoms with van der Waals surface area (Å²) in [6.07, 6.45) is 1.63. The van der Waals surface area contributed by atoms with E-state index >= 15 is 0 Å². The molecule has 3 heterocycles. The minimum atomic E-state index is 0.569. The molecule has 1 aliphatic rings. The lowest BCUT2D eigenvalue weighted by Gasteiger charge is -2.27. The first kappa shape index (κ1) is 9.73. The van der Waals surface area contributed by atoms with E-state index in [-0.39, 0.29) is 0 Å². The van der Waals surface area contributed by atoms with Crippen molar-refractivity contribution in [3.8, 4) is 0 Å². The lowest BCUT2D eigenvalue weighted by atomic mass is 10.4. The number of aromatic amines is 2. The van der Waals surface area contributed by atoms with Gasteiger partial charge in [-0.15, -0.1) is 0 Å². The largest absolute Gasteiger partial charge is 0.341 e. The number of nitrogens with zero attached hydrogens (tertiary/aromatic N) is 3. The summed E-state index contributed by atoms with van der Waals surface area (Å²) in [5.41, 5.74) is 1.57. The van der Waals surface area contributed by atoms with Crippen LogP contribution in [0, 0.1) is 4.64 Å². The first-order valence-electron chi connectivity index (χ1n) is 5.23. The molecule has 0 unspecified atom stereocenters. The van der Waals surface area contributed by atoms with Crippen LogP contribution in [0.2, 0.25) is 0 Å². The molecule has 3 rings (SSSR count). The molecule has 0 atom stereocenters. The van der Waals surface area contributed by atoms with Crippen molar-refractivity contribution in [3.05, 3.63) is 11.0 Å². The number of anilines is 1. The predicted octanol–water partition coefficient (Wildman–Crippen LogP) is 0.425. The smallest absolute Gasteiger partial charge is 0.205 e. The molecule has 0 radical (unpaired) electrons. The van der Waals surface area contributed by atoms with Crippen molar-refractivity contribution in [3.63, 3.8) is 0 Å². The van der Waals surface area contributed by atoms with Crippen LogP contribution in [0.3, 0.4) is 0 Å². The molecule has 0 aromatic carbocycles. The van der Waals surface area contributed by atoms with Gasteiger partial charge in [0.15, 0.2) is 10.3 Å². The maximum Gasteiger partial charge on any atom is 0.205 e. The molecule has 7 heteroatoms. The summed E-state index contributed by atoms with van der Waals surface area (Å²) in [5.74, 6) is 0.811. The highest BCUT2D eigenvalue weighted by Crippen LogP contribution is 2.13. The molecule has 3 N–H and O–H groups in total. The number of nitrogens with one attached hydrogen (secondary N) is 3. The van der Waals surface area contributed by atoms with Crippen molar-refractivity contribution in [2.24, 2.45) is 0 Å². The monoisotopic (exact) mass is 236 g/mol. The van der Waals surface area contributed by atoms with Gasteiger partial charge in [-0.25, -0.2) is 9.97 Å². The quantitative estimate of drug-likeness (QED) is 0.626. The lowest BCUT2D eigenvalue weighted by Crippen LogP contribution is -2.44. The van der Waals surface area contributed by atoms with Gasteiger partial charge in [0.25, 0.3) is 0 Å². The van der Waals surface area contributed by atoms with Crippen LogP contribution in [0.4, 0.5) is 5.95 Å². The van der Waals surface area contributed by atoms with Gasteiger partial charge in [0.05, 0.1) is 6.33 Å². The minimum absolute atomic E-state index is 0.569. The van der Waals surface area contributed by atoms with E-state index in [1.807, 2.05) is 0 Å². The Kier molecular flexibility index (Phi) is 2.33. The number of aromatic nitrogens is 4. The van der Waals surface area contributed by atoms with Crippen LogP contribution in [0.1, 0.15) is 0 Å². The zero-order chi connectivity index (χ0) is 11.0. The third-order valence-corrected chi connectivity index (χ3v) is 3.00. The number of fused-ring (bicyclic) bond motifs is 1. The summed E-state index contributed by atoms with van der Waals surface area (Å²) in [4.78, 5) is 16.9. The topological polar surface area (TPSA) is 72.6 Å². The molecular formula is C9H12N6S. The van der Waals surface area contributed by atoms with Gasteiger partial charge in [-0.1, -0.05) is 12.2 Å². The molecule has 0 bridgehead atoms. The molecule has 6 nitrogen and oxygen atoms in total. The number of H-pyrrole nitrogens is 2. The Morgan fingerprint density at radius 2 is 2.12 bits per heavy atom. The highest BCUT2D eigenvalue weighted by atomic mass is 32.1. The molecule has 2 aromatic rings. The number of hydrogen-bond acceptors (Lipinski definition) is 5. The van der Waals surface area contributed by atoms with Gasteiger partial charge in [-0.05, 0) is 0 Å². The van der Waals surface area contributed by atoms with E-state index < -0.39 is 0 Å². The molecular weight excluding hydrogens is 224 g/mol. The molecule has 16 heavy (non-hydrogen) atoms. The van der Waals surface area contributed by atoms with Crippen molar-refractivity contribution >= 4 is 29.3 Å². The third kappa shape index (κ3) is 1.57. The molecule has 0 saturated carbocycles. The standard InChI is InChI=1S/C9H12N6S/c16-8-6-7(12-5-11-6)13-9(14-8)15-3-1-10-2-4-15/h5,10H,1-4H2,(H2,11,12,13,14,16). The first-order chi connectivity index (χ1) is 7.84. The van der Waals surface area contributed by atoms with Crippen molar-refractivity contribution in [2.45, 2.75) is 0 Å². The van der Waals surface area contributed by atoms with Gasteiger partial charge in [-0.3, -0.25) is 0 Å². The van der Waals surface area contributed by atoms with Crippen LogP contribution in [-0.4, -0.2) is 46.1 Å².